The Labute approximate surface area is 154 Å². The molecule has 144 valence electrons. The largest absolute Gasteiger partial charge is 0.416 e. The molecule has 2 unspecified atom stereocenters. The Morgan fingerprint density at radius 3 is 2.35 bits per heavy atom. The van der Waals surface area contributed by atoms with Gasteiger partial charge in [-0.25, -0.2) is 0 Å². The first-order valence-electron chi connectivity index (χ1n) is 10.2. The number of alkyl halides is 3. The molecule has 1 aliphatic carbocycles. The Hall–Kier alpha value is -1.23. The second kappa shape index (κ2) is 7.41. The van der Waals surface area contributed by atoms with Gasteiger partial charge in [0.05, 0.1) is 5.56 Å². The minimum atomic E-state index is -4.25. The maximum Gasteiger partial charge on any atom is 0.416 e. The van der Waals surface area contributed by atoms with E-state index in [0.29, 0.717) is 12.0 Å². The summed E-state index contributed by atoms with van der Waals surface area (Å²) < 4.78 is 38.3. The summed E-state index contributed by atoms with van der Waals surface area (Å²) in [4.78, 5) is 4.94. The highest BCUT2D eigenvalue weighted by Gasteiger charge is 2.41. The van der Waals surface area contributed by atoms with Crippen LogP contribution in [0.15, 0.2) is 24.3 Å². The molecule has 0 amide bonds. The summed E-state index contributed by atoms with van der Waals surface area (Å²) in [5.74, 6) is 1.58. The smallest absolute Gasteiger partial charge is 0.367 e. The molecule has 4 rings (SSSR count). The molecule has 0 bridgehead atoms. The monoisotopic (exact) mass is 366 g/mol. The van der Waals surface area contributed by atoms with E-state index in [1.54, 1.807) is 12.1 Å². The summed E-state index contributed by atoms with van der Waals surface area (Å²) >= 11 is 0. The molecule has 1 aromatic rings. The van der Waals surface area contributed by atoms with Gasteiger partial charge in [0.1, 0.15) is 0 Å². The lowest BCUT2D eigenvalue weighted by Crippen LogP contribution is -2.35. The quantitative estimate of drug-likeness (QED) is 0.724. The Morgan fingerprint density at radius 2 is 1.65 bits per heavy atom. The number of fused-ring (bicyclic) bond motifs is 1. The highest BCUT2D eigenvalue weighted by molar-refractivity contribution is 5.50. The van der Waals surface area contributed by atoms with Crippen LogP contribution in [0, 0.1) is 11.8 Å². The van der Waals surface area contributed by atoms with Crippen LogP contribution in [0.25, 0.3) is 0 Å². The molecule has 2 saturated heterocycles. The lowest BCUT2D eigenvalue weighted by molar-refractivity contribution is -0.137. The third-order valence-electron chi connectivity index (χ3n) is 6.73. The number of hydrogen-bond donors (Lipinski definition) is 0. The molecule has 26 heavy (non-hydrogen) atoms. The van der Waals surface area contributed by atoms with Crippen LogP contribution in [-0.2, 0) is 6.18 Å². The number of benzene rings is 1. The van der Waals surface area contributed by atoms with Crippen LogP contribution < -0.4 is 4.90 Å². The van der Waals surface area contributed by atoms with Crippen LogP contribution in [0.4, 0.5) is 18.9 Å². The number of anilines is 1. The highest BCUT2D eigenvalue weighted by Crippen LogP contribution is 2.37. The summed E-state index contributed by atoms with van der Waals surface area (Å²) in [5, 5.41) is 0. The molecular formula is C21H29F3N2. The van der Waals surface area contributed by atoms with Gasteiger partial charge in [-0.2, -0.15) is 13.2 Å². The normalized spacial score (nSPS) is 27.9. The SMILES string of the molecule is FC(F)(F)c1ccc(N2CCC3CN(CCC4CCCCC4)CC32)cc1. The van der Waals surface area contributed by atoms with E-state index in [9.17, 15) is 13.2 Å². The van der Waals surface area contributed by atoms with Crippen molar-refractivity contribution in [3.63, 3.8) is 0 Å². The fourth-order valence-corrected chi connectivity index (χ4v) is 5.23. The average molecular weight is 366 g/mol. The first kappa shape index (κ1) is 18.1. The third kappa shape index (κ3) is 3.88. The van der Waals surface area contributed by atoms with Crippen molar-refractivity contribution in [1.29, 1.82) is 0 Å². The van der Waals surface area contributed by atoms with E-state index < -0.39 is 11.7 Å². The van der Waals surface area contributed by atoms with Crippen molar-refractivity contribution in [2.24, 2.45) is 11.8 Å². The highest BCUT2D eigenvalue weighted by atomic mass is 19.4. The Balaban J connectivity index is 1.34. The minimum absolute atomic E-state index is 0.470. The first-order chi connectivity index (χ1) is 12.5. The van der Waals surface area contributed by atoms with Crippen LogP contribution in [0.5, 0.6) is 0 Å². The molecule has 2 heterocycles. The van der Waals surface area contributed by atoms with Gasteiger partial charge in [0.2, 0.25) is 0 Å². The number of likely N-dealkylation sites (tertiary alicyclic amines) is 1. The van der Waals surface area contributed by atoms with Gasteiger partial charge < -0.3 is 9.80 Å². The van der Waals surface area contributed by atoms with Crippen molar-refractivity contribution in [1.82, 2.24) is 4.90 Å². The van der Waals surface area contributed by atoms with E-state index >= 15 is 0 Å². The van der Waals surface area contributed by atoms with Gasteiger partial charge in [-0.05, 0) is 55.5 Å². The zero-order chi connectivity index (χ0) is 18.1. The molecule has 2 aliphatic heterocycles. The summed E-state index contributed by atoms with van der Waals surface area (Å²) in [7, 11) is 0. The van der Waals surface area contributed by atoms with E-state index in [1.807, 2.05) is 0 Å². The number of halogens is 3. The molecule has 1 aromatic carbocycles. The average Bonchev–Trinajstić information content (AvgIpc) is 3.20. The Bertz CT molecular complexity index is 592. The predicted octanol–water partition coefficient (Wildman–Crippen LogP) is 5.19. The lowest BCUT2D eigenvalue weighted by atomic mass is 9.87. The molecule has 1 saturated carbocycles. The van der Waals surface area contributed by atoms with E-state index in [-0.39, 0.29) is 0 Å². The zero-order valence-corrected chi connectivity index (χ0v) is 15.3. The molecule has 0 aromatic heterocycles. The second-order valence-corrected chi connectivity index (χ2v) is 8.41. The maximum atomic E-state index is 12.8. The lowest BCUT2D eigenvalue weighted by Gasteiger charge is -2.28. The second-order valence-electron chi connectivity index (χ2n) is 8.41. The maximum absolute atomic E-state index is 12.8. The standard InChI is InChI=1S/C21H29F3N2/c22-21(23,24)18-6-8-19(9-7-18)26-13-11-17-14-25(15-20(17)26)12-10-16-4-2-1-3-5-16/h6-9,16-17,20H,1-5,10-15H2. The molecule has 2 nitrogen and oxygen atoms in total. The Kier molecular flexibility index (Phi) is 5.18. The summed E-state index contributed by atoms with van der Waals surface area (Å²) in [6.07, 6.45) is 5.24. The molecule has 0 N–H and O–H groups in total. The summed E-state index contributed by atoms with van der Waals surface area (Å²) in [5.41, 5.74) is 0.386. The fraction of sp³-hybridized carbons (Fsp3) is 0.714. The first-order valence-corrected chi connectivity index (χ1v) is 10.2. The molecular weight excluding hydrogens is 337 g/mol. The molecule has 5 heteroatoms. The van der Waals surface area contributed by atoms with E-state index in [4.69, 9.17) is 0 Å². The zero-order valence-electron chi connectivity index (χ0n) is 15.3. The number of rotatable bonds is 4. The molecule has 0 spiro atoms. The van der Waals surface area contributed by atoms with Crippen LogP contribution >= 0.6 is 0 Å². The van der Waals surface area contributed by atoms with Crippen LogP contribution in [0.3, 0.4) is 0 Å². The number of nitrogens with zero attached hydrogens (tertiary/aromatic N) is 2. The minimum Gasteiger partial charge on any atom is -0.367 e. The van der Waals surface area contributed by atoms with Crippen molar-refractivity contribution in [2.75, 3.05) is 31.1 Å². The van der Waals surface area contributed by atoms with Gasteiger partial charge in [0.15, 0.2) is 0 Å². The molecule has 3 aliphatic rings. The van der Waals surface area contributed by atoms with Crippen molar-refractivity contribution in [2.45, 2.75) is 57.2 Å². The Morgan fingerprint density at radius 1 is 0.923 bits per heavy atom. The summed E-state index contributed by atoms with van der Waals surface area (Å²) in [6.45, 7) is 4.39. The van der Waals surface area contributed by atoms with Crippen molar-refractivity contribution in [3.05, 3.63) is 29.8 Å². The van der Waals surface area contributed by atoms with Crippen molar-refractivity contribution >= 4 is 5.69 Å². The van der Waals surface area contributed by atoms with E-state index in [2.05, 4.69) is 9.80 Å². The van der Waals surface area contributed by atoms with Gasteiger partial charge in [-0.1, -0.05) is 32.1 Å². The van der Waals surface area contributed by atoms with Crippen molar-refractivity contribution < 1.29 is 13.2 Å². The van der Waals surface area contributed by atoms with Gasteiger partial charge >= 0.3 is 6.18 Å². The predicted molar refractivity (Wildman–Crippen MR) is 98.3 cm³/mol. The third-order valence-corrected chi connectivity index (χ3v) is 6.73. The molecule has 3 fully saturated rings. The van der Waals surface area contributed by atoms with Gasteiger partial charge in [0, 0.05) is 31.4 Å². The fourth-order valence-electron chi connectivity index (χ4n) is 5.23. The van der Waals surface area contributed by atoms with E-state index in [1.165, 1.54) is 57.2 Å². The van der Waals surface area contributed by atoms with Crippen LogP contribution in [0.2, 0.25) is 0 Å². The summed E-state index contributed by atoms with van der Waals surface area (Å²) in [6, 6.07) is 6.21. The molecule has 0 radical (unpaired) electrons. The number of hydrogen-bond acceptors (Lipinski definition) is 2. The van der Waals surface area contributed by atoms with Crippen LogP contribution in [-0.4, -0.2) is 37.1 Å². The topological polar surface area (TPSA) is 6.48 Å². The van der Waals surface area contributed by atoms with Crippen molar-refractivity contribution in [3.8, 4) is 0 Å². The van der Waals surface area contributed by atoms with Gasteiger partial charge in [0.25, 0.3) is 0 Å². The van der Waals surface area contributed by atoms with Gasteiger partial charge in [-0.15, -0.1) is 0 Å². The van der Waals surface area contributed by atoms with Gasteiger partial charge in [-0.3, -0.25) is 0 Å². The van der Waals surface area contributed by atoms with Crippen LogP contribution in [0.1, 0.15) is 50.5 Å². The van der Waals surface area contributed by atoms with E-state index in [0.717, 1.165) is 37.7 Å². The molecule has 2 atom stereocenters.